The molecule has 1 nitrogen and oxygen atoms in total. The summed E-state index contributed by atoms with van der Waals surface area (Å²) in [6.07, 6.45) is 1.82. The molecular weight excluding hydrogens is 184 g/mol. The Balaban J connectivity index is 2.51. The first kappa shape index (κ1) is 9.94. The molecule has 0 fully saturated rings. The minimum atomic E-state index is 0.0959. The Bertz CT molecular complexity index is 497. The number of aliphatic hydroxyl groups excluding tert-OH is 1. The van der Waals surface area contributed by atoms with Crippen molar-refractivity contribution < 1.29 is 5.11 Å². The molecule has 1 N–H and O–H groups in total. The van der Waals surface area contributed by atoms with E-state index in [1.54, 1.807) is 0 Å². The third-order valence-electron chi connectivity index (χ3n) is 2.60. The fourth-order valence-electron chi connectivity index (χ4n) is 1.69. The summed E-state index contributed by atoms with van der Waals surface area (Å²) in [4.78, 5) is 0. The lowest BCUT2D eigenvalue weighted by atomic mass is 10.0. The SMILES string of the molecule is C/C(=C/CO)c1ccc2ccccc2c1. The maximum absolute atomic E-state index is 8.83. The Labute approximate surface area is 89.7 Å². The van der Waals surface area contributed by atoms with E-state index in [4.69, 9.17) is 5.11 Å². The van der Waals surface area contributed by atoms with Gasteiger partial charge in [-0.1, -0.05) is 42.5 Å². The summed E-state index contributed by atoms with van der Waals surface area (Å²) in [6, 6.07) is 14.6. The predicted molar refractivity (Wildman–Crippen MR) is 64.7 cm³/mol. The van der Waals surface area contributed by atoms with Crippen molar-refractivity contribution in [3.63, 3.8) is 0 Å². The Hall–Kier alpha value is -1.60. The Morgan fingerprint density at radius 3 is 2.60 bits per heavy atom. The van der Waals surface area contributed by atoms with Crippen LogP contribution in [-0.2, 0) is 0 Å². The first-order valence-electron chi connectivity index (χ1n) is 5.08. The van der Waals surface area contributed by atoms with Gasteiger partial charge in [-0.15, -0.1) is 0 Å². The lowest BCUT2D eigenvalue weighted by Gasteiger charge is -2.03. The molecule has 0 aromatic heterocycles. The van der Waals surface area contributed by atoms with Crippen LogP contribution in [0.5, 0.6) is 0 Å². The normalized spacial score (nSPS) is 12.0. The van der Waals surface area contributed by atoms with Gasteiger partial charge in [0.05, 0.1) is 6.61 Å². The van der Waals surface area contributed by atoms with Crippen LogP contribution < -0.4 is 0 Å². The molecule has 2 aromatic carbocycles. The maximum atomic E-state index is 8.83. The van der Waals surface area contributed by atoms with Crippen molar-refractivity contribution in [1.82, 2.24) is 0 Å². The zero-order chi connectivity index (χ0) is 10.7. The quantitative estimate of drug-likeness (QED) is 0.785. The molecule has 2 rings (SSSR count). The largest absolute Gasteiger partial charge is 0.392 e. The molecule has 0 saturated heterocycles. The van der Waals surface area contributed by atoms with Gasteiger partial charge in [-0.3, -0.25) is 0 Å². The van der Waals surface area contributed by atoms with Crippen LogP contribution in [0.3, 0.4) is 0 Å². The second-order valence-corrected chi connectivity index (χ2v) is 3.63. The first-order valence-corrected chi connectivity index (χ1v) is 5.08. The standard InChI is InChI=1S/C14H14O/c1-11(8-9-15)13-7-6-12-4-2-3-5-14(12)10-13/h2-8,10,15H,9H2,1H3/b11-8-. The number of allylic oxidation sites excluding steroid dienone is 1. The van der Waals surface area contributed by atoms with Gasteiger partial charge >= 0.3 is 0 Å². The molecule has 0 atom stereocenters. The number of aliphatic hydroxyl groups is 1. The first-order chi connectivity index (χ1) is 7.31. The zero-order valence-corrected chi connectivity index (χ0v) is 8.77. The lowest BCUT2D eigenvalue weighted by molar-refractivity contribution is 0.343. The highest BCUT2D eigenvalue weighted by Crippen LogP contribution is 2.20. The van der Waals surface area contributed by atoms with Crippen molar-refractivity contribution in [3.05, 3.63) is 54.1 Å². The van der Waals surface area contributed by atoms with Crippen LogP contribution >= 0.6 is 0 Å². The van der Waals surface area contributed by atoms with Gasteiger partial charge in [0.25, 0.3) is 0 Å². The van der Waals surface area contributed by atoms with Crippen molar-refractivity contribution in [1.29, 1.82) is 0 Å². The minimum Gasteiger partial charge on any atom is -0.392 e. The van der Waals surface area contributed by atoms with Crippen molar-refractivity contribution in [3.8, 4) is 0 Å². The number of fused-ring (bicyclic) bond motifs is 1. The van der Waals surface area contributed by atoms with Crippen molar-refractivity contribution >= 4 is 16.3 Å². The van der Waals surface area contributed by atoms with Crippen molar-refractivity contribution in [2.75, 3.05) is 6.61 Å². The molecule has 0 unspecified atom stereocenters. The van der Waals surface area contributed by atoms with Crippen LogP contribution in [0.15, 0.2) is 48.5 Å². The molecule has 0 aliphatic heterocycles. The second-order valence-electron chi connectivity index (χ2n) is 3.63. The highest BCUT2D eigenvalue weighted by atomic mass is 16.2. The summed E-state index contributed by atoms with van der Waals surface area (Å²) in [5.41, 5.74) is 2.28. The van der Waals surface area contributed by atoms with Crippen molar-refractivity contribution in [2.45, 2.75) is 6.92 Å². The third-order valence-corrected chi connectivity index (χ3v) is 2.60. The number of rotatable bonds is 2. The van der Waals surface area contributed by atoms with E-state index in [1.165, 1.54) is 16.3 Å². The molecule has 0 heterocycles. The summed E-state index contributed by atoms with van der Waals surface area (Å²) in [5.74, 6) is 0. The molecular formula is C14H14O. The van der Waals surface area contributed by atoms with Gasteiger partial charge in [-0.25, -0.2) is 0 Å². The van der Waals surface area contributed by atoms with Crippen molar-refractivity contribution in [2.24, 2.45) is 0 Å². The summed E-state index contributed by atoms with van der Waals surface area (Å²) < 4.78 is 0. The van der Waals surface area contributed by atoms with E-state index in [2.05, 4.69) is 30.3 Å². The maximum Gasteiger partial charge on any atom is 0.0618 e. The van der Waals surface area contributed by atoms with Crippen LogP contribution in [0.2, 0.25) is 0 Å². The van der Waals surface area contributed by atoms with E-state index < -0.39 is 0 Å². The van der Waals surface area contributed by atoms with Gasteiger partial charge in [-0.05, 0) is 34.9 Å². The topological polar surface area (TPSA) is 20.2 Å². The van der Waals surface area contributed by atoms with Gasteiger partial charge in [0.15, 0.2) is 0 Å². The minimum absolute atomic E-state index is 0.0959. The smallest absolute Gasteiger partial charge is 0.0618 e. The van der Waals surface area contributed by atoms with Crippen LogP contribution in [0.1, 0.15) is 12.5 Å². The Morgan fingerprint density at radius 2 is 1.87 bits per heavy atom. The summed E-state index contributed by atoms with van der Waals surface area (Å²) in [6.45, 7) is 2.11. The van der Waals surface area contributed by atoms with Crippen LogP contribution in [0.4, 0.5) is 0 Å². The molecule has 15 heavy (non-hydrogen) atoms. The molecule has 76 valence electrons. The van der Waals surface area contributed by atoms with E-state index in [1.807, 2.05) is 25.1 Å². The molecule has 2 aromatic rings. The van der Waals surface area contributed by atoms with E-state index >= 15 is 0 Å². The summed E-state index contributed by atoms with van der Waals surface area (Å²) in [7, 11) is 0. The summed E-state index contributed by atoms with van der Waals surface area (Å²) in [5, 5.41) is 11.3. The molecule has 0 spiro atoms. The van der Waals surface area contributed by atoms with Crippen LogP contribution in [-0.4, -0.2) is 11.7 Å². The highest BCUT2D eigenvalue weighted by Gasteiger charge is 1.97. The third kappa shape index (κ3) is 2.08. The average Bonchev–Trinajstić information content (AvgIpc) is 2.29. The monoisotopic (exact) mass is 198 g/mol. The van der Waals surface area contributed by atoms with E-state index in [-0.39, 0.29) is 6.61 Å². The highest BCUT2D eigenvalue weighted by molar-refractivity contribution is 5.86. The number of benzene rings is 2. The Morgan fingerprint density at radius 1 is 1.13 bits per heavy atom. The average molecular weight is 198 g/mol. The predicted octanol–water partition coefficient (Wildman–Crippen LogP) is 3.24. The fraction of sp³-hybridized carbons (Fsp3) is 0.143. The summed E-state index contributed by atoms with van der Waals surface area (Å²) >= 11 is 0. The molecule has 0 aliphatic carbocycles. The molecule has 0 bridgehead atoms. The van der Waals surface area contributed by atoms with Gasteiger partial charge in [-0.2, -0.15) is 0 Å². The van der Waals surface area contributed by atoms with Gasteiger partial charge < -0.3 is 5.11 Å². The molecule has 0 saturated carbocycles. The lowest BCUT2D eigenvalue weighted by Crippen LogP contribution is -1.82. The molecule has 1 heteroatoms. The number of hydrogen-bond acceptors (Lipinski definition) is 1. The van der Waals surface area contributed by atoms with Gasteiger partial charge in [0, 0.05) is 0 Å². The van der Waals surface area contributed by atoms with E-state index in [0.717, 1.165) is 5.57 Å². The zero-order valence-electron chi connectivity index (χ0n) is 8.77. The van der Waals surface area contributed by atoms with Gasteiger partial charge in [0.2, 0.25) is 0 Å². The fourth-order valence-corrected chi connectivity index (χ4v) is 1.69. The van der Waals surface area contributed by atoms with E-state index in [0.29, 0.717) is 0 Å². The molecule has 0 aliphatic rings. The second kappa shape index (κ2) is 4.28. The number of hydrogen-bond donors (Lipinski definition) is 1. The molecule has 0 radical (unpaired) electrons. The van der Waals surface area contributed by atoms with Gasteiger partial charge in [0.1, 0.15) is 0 Å². The Kier molecular flexibility index (Phi) is 2.84. The van der Waals surface area contributed by atoms with E-state index in [9.17, 15) is 0 Å². The molecule has 0 amide bonds. The van der Waals surface area contributed by atoms with Crippen LogP contribution in [0, 0.1) is 0 Å². The van der Waals surface area contributed by atoms with Crippen LogP contribution in [0.25, 0.3) is 16.3 Å².